The van der Waals surface area contributed by atoms with E-state index in [1.165, 1.54) is 11.3 Å². The van der Waals surface area contributed by atoms with Gasteiger partial charge in [0.05, 0.1) is 0 Å². The van der Waals surface area contributed by atoms with Crippen LogP contribution in [0.2, 0.25) is 0 Å². The van der Waals surface area contributed by atoms with E-state index in [0.717, 1.165) is 19.5 Å². The third-order valence-electron chi connectivity index (χ3n) is 3.55. The number of thioether (sulfide) groups is 1. The van der Waals surface area contributed by atoms with Crippen LogP contribution in [0.25, 0.3) is 0 Å². The second-order valence-electron chi connectivity index (χ2n) is 5.27. The van der Waals surface area contributed by atoms with Gasteiger partial charge in [-0.15, -0.1) is 0 Å². The average Bonchev–Trinajstić information content (AvgIpc) is 2.37. The molecule has 2 rings (SSSR count). The molecule has 18 heavy (non-hydrogen) atoms. The molecule has 0 amide bonds. The quantitative estimate of drug-likeness (QED) is 0.907. The zero-order chi connectivity index (χ0) is 13.1. The summed E-state index contributed by atoms with van der Waals surface area (Å²) in [6.45, 7) is 9.05. The molecule has 3 unspecified atom stereocenters. The zero-order valence-corrected chi connectivity index (χ0v) is 12.4. The van der Waals surface area contributed by atoms with Crippen LogP contribution in [0.5, 0.6) is 0 Å². The Balaban J connectivity index is 2.09. The molecular weight excluding hydrogens is 240 g/mol. The molecule has 0 saturated carbocycles. The molecule has 0 aliphatic carbocycles. The first-order valence-corrected chi connectivity index (χ1v) is 7.80. The molecule has 1 aliphatic rings. The van der Waals surface area contributed by atoms with Crippen molar-refractivity contribution in [1.82, 2.24) is 0 Å². The predicted octanol–water partition coefficient (Wildman–Crippen LogP) is 3.43. The number of anilines is 1. The number of benzene rings is 1. The summed E-state index contributed by atoms with van der Waals surface area (Å²) in [6.07, 6.45) is 0.994. The number of nitrogens with two attached hydrogens (primary N) is 1. The maximum Gasteiger partial charge on any atom is 0.0367 e. The van der Waals surface area contributed by atoms with Crippen molar-refractivity contribution in [2.24, 2.45) is 5.73 Å². The van der Waals surface area contributed by atoms with E-state index in [9.17, 15) is 0 Å². The van der Waals surface area contributed by atoms with Gasteiger partial charge in [-0.3, -0.25) is 0 Å². The lowest BCUT2D eigenvalue weighted by molar-refractivity contribution is 0.697. The largest absolute Gasteiger partial charge is 0.369 e. The molecule has 0 aromatic heterocycles. The molecule has 3 heteroatoms. The van der Waals surface area contributed by atoms with Gasteiger partial charge in [-0.25, -0.2) is 0 Å². The van der Waals surface area contributed by atoms with Gasteiger partial charge in [0.2, 0.25) is 0 Å². The Morgan fingerprint density at radius 2 is 1.78 bits per heavy atom. The lowest BCUT2D eigenvalue weighted by atomic mass is 10.0. The summed E-state index contributed by atoms with van der Waals surface area (Å²) in [5, 5.41) is 1.43. The highest BCUT2D eigenvalue weighted by molar-refractivity contribution is 8.00. The van der Waals surface area contributed by atoms with Gasteiger partial charge in [-0.1, -0.05) is 32.9 Å². The predicted molar refractivity (Wildman–Crippen MR) is 82.4 cm³/mol. The summed E-state index contributed by atoms with van der Waals surface area (Å²) >= 11 is 2.09. The van der Waals surface area contributed by atoms with Crippen molar-refractivity contribution in [1.29, 1.82) is 0 Å². The summed E-state index contributed by atoms with van der Waals surface area (Å²) in [4.78, 5) is 2.49. The van der Waals surface area contributed by atoms with Crippen LogP contribution in [0.15, 0.2) is 24.3 Å². The summed E-state index contributed by atoms with van der Waals surface area (Å²) in [6, 6.07) is 8.98. The third kappa shape index (κ3) is 3.21. The Labute approximate surface area is 115 Å². The maximum atomic E-state index is 6.05. The van der Waals surface area contributed by atoms with Gasteiger partial charge in [0, 0.05) is 35.3 Å². The van der Waals surface area contributed by atoms with Crippen LogP contribution in [-0.4, -0.2) is 23.6 Å². The standard InChI is InChI=1S/C15H24N2S/c1-4-15(16)13-5-7-14(8-6-13)17-9-11(2)18-12(3)10-17/h5-8,11-12,15H,4,9-10,16H2,1-3H3. The zero-order valence-electron chi connectivity index (χ0n) is 11.6. The second kappa shape index (κ2) is 5.98. The number of nitrogens with zero attached hydrogens (tertiary/aromatic N) is 1. The fraction of sp³-hybridized carbons (Fsp3) is 0.600. The van der Waals surface area contributed by atoms with E-state index >= 15 is 0 Å². The highest BCUT2D eigenvalue weighted by Crippen LogP contribution is 2.29. The van der Waals surface area contributed by atoms with Gasteiger partial charge in [-0.2, -0.15) is 11.8 Å². The van der Waals surface area contributed by atoms with Crippen LogP contribution in [-0.2, 0) is 0 Å². The first kappa shape index (κ1) is 13.8. The summed E-state index contributed by atoms with van der Waals surface area (Å²) in [5.41, 5.74) is 8.63. The van der Waals surface area contributed by atoms with Gasteiger partial charge >= 0.3 is 0 Å². The summed E-state index contributed by atoms with van der Waals surface area (Å²) < 4.78 is 0. The Morgan fingerprint density at radius 1 is 1.22 bits per heavy atom. The van der Waals surface area contributed by atoms with Crippen molar-refractivity contribution in [3.05, 3.63) is 29.8 Å². The Kier molecular flexibility index (Phi) is 4.57. The van der Waals surface area contributed by atoms with Crippen molar-refractivity contribution in [3.63, 3.8) is 0 Å². The minimum absolute atomic E-state index is 0.175. The van der Waals surface area contributed by atoms with E-state index in [1.54, 1.807) is 0 Å². The maximum absolute atomic E-state index is 6.05. The van der Waals surface area contributed by atoms with Crippen LogP contribution >= 0.6 is 11.8 Å². The molecule has 2 N–H and O–H groups in total. The molecule has 1 saturated heterocycles. The van der Waals surface area contributed by atoms with Crippen LogP contribution < -0.4 is 10.6 Å². The third-order valence-corrected chi connectivity index (χ3v) is 4.77. The van der Waals surface area contributed by atoms with Gasteiger partial charge < -0.3 is 10.6 Å². The summed E-state index contributed by atoms with van der Waals surface area (Å²) in [5.74, 6) is 0. The van der Waals surface area contributed by atoms with Gasteiger partial charge in [0.15, 0.2) is 0 Å². The molecule has 1 aromatic carbocycles. The summed E-state index contributed by atoms with van der Waals surface area (Å²) in [7, 11) is 0. The minimum atomic E-state index is 0.175. The topological polar surface area (TPSA) is 29.3 Å². The minimum Gasteiger partial charge on any atom is -0.369 e. The van der Waals surface area contributed by atoms with Gasteiger partial charge in [0.25, 0.3) is 0 Å². The number of hydrogen-bond donors (Lipinski definition) is 1. The molecule has 1 heterocycles. The normalized spacial score (nSPS) is 26.1. The fourth-order valence-electron chi connectivity index (χ4n) is 2.56. The van der Waals surface area contributed by atoms with Crippen LogP contribution in [0.3, 0.4) is 0 Å². The average molecular weight is 264 g/mol. The van der Waals surface area contributed by atoms with E-state index in [-0.39, 0.29) is 6.04 Å². The molecule has 0 spiro atoms. The van der Waals surface area contributed by atoms with Gasteiger partial charge in [-0.05, 0) is 24.1 Å². The number of rotatable bonds is 3. The van der Waals surface area contributed by atoms with Crippen molar-refractivity contribution < 1.29 is 0 Å². The van der Waals surface area contributed by atoms with Crippen molar-refractivity contribution in [2.45, 2.75) is 43.7 Å². The highest BCUT2D eigenvalue weighted by Gasteiger charge is 2.22. The van der Waals surface area contributed by atoms with Crippen molar-refractivity contribution >= 4 is 17.4 Å². The molecule has 1 aliphatic heterocycles. The molecule has 2 nitrogen and oxygen atoms in total. The first-order chi connectivity index (χ1) is 8.60. The molecule has 1 fully saturated rings. The van der Waals surface area contributed by atoms with E-state index in [1.807, 2.05) is 0 Å². The monoisotopic (exact) mass is 264 g/mol. The second-order valence-corrected chi connectivity index (χ2v) is 7.15. The molecule has 100 valence electrons. The smallest absolute Gasteiger partial charge is 0.0367 e. The molecule has 3 atom stereocenters. The molecule has 0 radical (unpaired) electrons. The van der Waals surface area contributed by atoms with E-state index in [4.69, 9.17) is 5.73 Å². The fourth-order valence-corrected chi connectivity index (χ4v) is 3.88. The van der Waals surface area contributed by atoms with Crippen LogP contribution in [0, 0.1) is 0 Å². The highest BCUT2D eigenvalue weighted by atomic mass is 32.2. The Bertz CT molecular complexity index is 367. The van der Waals surface area contributed by atoms with Crippen molar-refractivity contribution in [3.8, 4) is 0 Å². The lowest BCUT2D eigenvalue weighted by Crippen LogP contribution is -2.40. The van der Waals surface area contributed by atoms with E-state index in [0.29, 0.717) is 10.5 Å². The Hall–Kier alpha value is -0.670. The molecule has 0 bridgehead atoms. The van der Waals surface area contributed by atoms with Crippen LogP contribution in [0.4, 0.5) is 5.69 Å². The SMILES string of the molecule is CCC(N)c1ccc(N2CC(C)SC(C)C2)cc1. The van der Waals surface area contributed by atoms with Crippen LogP contribution in [0.1, 0.15) is 38.8 Å². The Morgan fingerprint density at radius 3 is 2.28 bits per heavy atom. The lowest BCUT2D eigenvalue weighted by Gasteiger charge is -2.36. The molecule has 1 aromatic rings. The van der Waals surface area contributed by atoms with Gasteiger partial charge in [0.1, 0.15) is 0 Å². The van der Waals surface area contributed by atoms with E-state index in [2.05, 4.69) is 61.7 Å². The van der Waals surface area contributed by atoms with E-state index < -0.39 is 0 Å². The number of hydrogen-bond acceptors (Lipinski definition) is 3. The van der Waals surface area contributed by atoms with Crippen molar-refractivity contribution in [2.75, 3.05) is 18.0 Å². The first-order valence-electron chi connectivity index (χ1n) is 6.86. The molecular formula is C15H24N2S.